The van der Waals surface area contributed by atoms with Gasteiger partial charge in [-0.25, -0.2) is 9.97 Å². The van der Waals surface area contributed by atoms with E-state index in [9.17, 15) is 9.90 Å². The molecule has 1 heterocycles. The van der Waals surface area contributed by atoms with Gasteiger partial charge < -0.3 is 5.11 Å². The number of carbonyl (C=O) groups is 1. The minimum absolute atomic E-state index is 0.0676. The Balaban J connectivity index is 2.48. The number of carboxylic acids is 1. The van der Waals surface area contributed by atoms with Crippen LogP contribution in [0.1, 0.15) is 25.6 Å². The predicted molar refractivity (Wildman–Crippen MR) is 80.4 cm³/mol. The number of carboxylic acid groups (broad SMARTS) is 1. The lowest BCUT2D eigenvalue weighted by atomic mass is 9.95. The van der Waals surface area contributed by atoms with Crippen molar-refractivity contribution in [2.45, 2.75) is 19.8 Å². The van der Waals surface area contributed by atoms with Crippen molar-refractivity contribution in [3.8, 4) is 11.3 Å². The van der Waals surface area contributed by atoms with E-state index in [4.69, 9.17) is 0 Å². The van der Waals surface area contributed by atoms with E-state index in [1.807, 2.05) is 38.1 Å². The van der Waals surface area contributed by atoms with E-state index in [2.05, 4.69) is 25.9 Å². The Bertz CT molecular complexity index is 629. The Labute approximate surface area is 126 Å². The number of aliphatic carboxylic acids is 1. The second-order valence-electron chi connectivity index (χ2n) is 4.84. The summed E-state index contributed by atoms with van der Waals surface area (Å²) in [5, 5.41) is 9.32. The summed E-state index contributed by atoms with van der Waals surface area (Å²) in [6.45, 7) is 3.71. The second kappa shape index (κ2) is 6.13. The number of hydrogen-bond donors (Lipinski definition) is 1. The molecule has 20 heavy (non-hydrogen) atoms. The number of benzene rings is 1. The zero-order valence-electron chi connectivity index (χ0n) is 11.2. The van der Waals surface area contributed by atoms with Crippen LogP contribution in [0.5, 0.6) is 0 Å². The molecule has 0 bridgehead atoms. The lowest BCUT2D eigenvalue weighted by Crippen LogP contribution is -2.20. The quantitative estimate of drug-likeness (QED) is 0.925. The molecule has 0 radical (unpaired) electrons. The Morgan fingerprint density at radius 3 is 2.55 bits per heavy atom. The van der Waals surface area contributed by atoms with E-state index in [0.29, 0.717) is 5.82 Å². The first kappa shape index (κ1) is 14.7. The van der Waals surface area contributed by atoms with Crippen LogP contribution in [0.2, 0.25) is 0 Å². The monoisotopic (exact) mass is 334 g/mol. The molecule has 4 nitrogen and oxygen atoms in total. The fourth-order valence-electron chi connectivity index (χ4n) is 2.04. The van der Waals surface area contributed by atoms with Crippen LogP contribution in [0.4, 0.5) is 0 Å². The largest absolute Gasteiger partial charge is 0.481 e. The fourth-order valence-corrected chi connectivity index (χ4v) is 2.52. The van der Waals surface area contributed by atoms with Crippen molar-refractivity contribution in [2.75, 3.05) is 0 Å². The molecule has 0 amide bonds. The summed E-state index contributed by atoms with van der Waals surface area (Å²) in [6.07, 6.45) is 1.61. The molecule has 0 saturated heterocycles. The Morgan fingerprint density at radius 1 is 1.25 bits per heavy atom. The smallest absolute Gasteiger partial charge is 0.314 e. The van der Waals surface area contributed by atoms with E-state index in [-0.39, 0.29) is 5.92 Å². The van der Waals surface area contributed by atoms with Crippen LogP contribution >= 0.6 is 15.9 Å². The molecule has 1 atom stereocenters. The average Bonchev–Trinajstić information content (AvgIpc) is 2.38. The third-order valence-electron chi connectivity index (χ3n) is 3.03. The van der Waals surface area contributed by atoms with Crippen LogP contribution in [0.25, 0.3) is 11.3 Å². The van der Waals surface area contributed by atoms with Crippen LogP contribution in [0, 0.1) is 5.92 Å². The van der Waals surface area contributed by atoms with Crippen LogP contribution in [-0.2, 0) is 4.79 Å². The maximum Gasteiger partial charge on any atom is 0.314 e. The highest BCUT2D eigenvalue weighted by Crippen LogP contribution is 2.28. The highest BCUT2D eigenvalue weighted by molar-refractivity contribution is 9.10. The summed E-state index contributed by atoms with van der Waals surface area (Å²) in [4.78, 5) is 19.9. The number of hydrogen-bond acceptors (Lipinski definition) is 3. The van der Waals surface area contributed by atoms with Crippen molar-refractivity contribution < 1.29 is 9.90 Å². The van der Waals surface area contributed by atoms with Gasteiger partial charge in [-0.1, -0.05) is 48.0 Å². The normalized spacial score (nSPS) is 12.4. The summed E-state index contributed by atoms with van der Waals surface area (Å²) in [5.74, 6) is -1.32. The van der Waals surface area contributed by atoms with E-state index in [1.54, 1.807) is 12.3 Å². The Morgan fingerprint density at radius 2 is 1.95 bits per heavy atom. The van der Waals surface area contributed by atoms with Gasteiger partial charge in [0.05, 0.1) is 5.69 Å². The number of rotatable bonds is 4. The van der Waals surface area contributed by atoms with Crippen molar-refractivity contribution in [2.24, 2.45) is 5.92 Å². The zero-order valence-corrected chi connectivity index (χ0v) is 12.8. The topological polar surface area (TPSA) is 63.1 Å². The molecule has 1 N–H and O–H groups in total. The molecule has 0 aliphatic heterocycles. The molecule has 2 rings (SSSR count). The van der Waals surface area contributed by atoms with Gasteiger partial charge in [-0.05, 0) is 18.1 Å². The molecule has 1 unspecified atom stereocenters. The first-order chi connectivity index (χ1) is 9.50. The van der Waals surface area contributed by atoms with E-state index in [0.717, 1.165) is 15.7 Å². The zero-order chi connectivity index (χ0) is 14.7. The van der Waals surface area contributed by atoms with Crippen LogP contribution < -0.4 is 0 Å². The fraction of sp³-hybridized carbons (Fsp3) is 0.267. The summed E-state index contributed by atoms with van der Waals surface area (Å²) >= 11 is 3.48. The molecule has 0 spiro atoms. The van der Waals surface area contributed by atoms with Gasteiger partial charge in [0.2, 0.25) is 0 Å². The minimum Gasteiger partial charge on any atom is -0.481 e. The third kappa shape index (κ3) is 3.04. The molecule has 0 saturated carbocycles. The van der Waals surface area contributed by atoms with Crippen molar-refractivity contribution in [3.63, 3.8) is 0 Å². The summed E-state index contributed by atoms with van der Waals surface area (Å²) in [7, 11) is 0. The molecule has 5 heteroatoms. The highest BCUT2D eigenvalue weighted by atomic mass is 79.9. The van der Waals surface area contributed by atoms with Gasteiger partial charge in [0.1, 0.15) is 11.7 Å². The maximum atomic E-state index is 11.4. The van der Waals surface area contributed by atoms with Gasteiger partial charge in [0, 0.05) is 16.2 Å². The Kier molecular flexibility index (Phi) is 4.49. The van der Waals surface area contributed by atoms with Crippen molar-refractivity contribution in [3.05, 3.63) is 46.8 Å². The van der Waals surface area contributed by atoms with Gasteiger partial charge in [-0.2, -0.15) is 0 Å². The third-order valence-corrected chi connectivity index (χ3v) is 3.73. The average molecular weight is 335 g/mol. The first-order valence-electron chi connectivity index (χ1n) is 6.31. The van der Waals surface area contributed by atoms with E-state index >= 15 is 0 Å². The summed E-state index contributed by atoms with van der Waals surface area (Å²) < 4.78 is 0.918. The second-order valence-corrected chi connectivity index (χ2v) is 5.69. The molecule has 0 aliphatic rings. The van der Waals surface area contributed by atoms with Crippen molar-refractivity contribution in [1.29, 1.82) is 0 Å². The molecule has 1 aromatic heterocycles. The summed E-state index contributed by atoms with van der Waals surface area (Å²) in [5.41, 5.74) is 1.64. The minimum atomic E-state index is -0.899. The van der Waals surface area contributed by atoms with Crippen LogP contribution in [0.15, 0.2) is 41.0 Å². The molecule has 0 fully saturated rings. The molecule has 0 aliphatic carbocycles. The molecule has 104 valence electrons. The van der Waals surface area contributed by atoms with Gasteiger partial charge in [-0.15, -0.1) is 0 Å². The molecule has 2 aromatic rings. The maximum absolute atomic E-state index is 11.4. The van der Waals surface area contributed by atoms with Crippen molar-refractivity contribution >= 4 is 21.9 Å². The lowest BCUT2D eigenvalue weighted by Gasteiger charge is -2.15. The molecular weight excluding hydrogens is 320 g/mol. The van der Waals surface area contributed by atoms with Crippen LogP contribution in [-0.4, -0.2) is 21.0 Å². The molecular formula is C15H15BrN2O2. The van der Waals surface area contributed by atoms with Gasteiger partial charge in [-0.3, -0.25) is 4.79 Å². The van der Waals surface area contributed by atoms with E-state index < -0.39 is 11.9 Å². The number of aromatic nitrogens is 2. The number of halogens is 1. The molecule has 1 aromatic carbocycles. The van der Waals surface area contributed by atoms with Gasteiger partial charge in [0.25, 0.3) is 0 Å². The first-order valence-corrected chi connectivity index (χ1v) is 7.10. The standard InChI is InChI=1S/C15H15BrN2O2/c1-9(2)13(15(19)20)14-17-8-7-12(18-14)10-5-3-4-6-11(10)16/h3-9,13H,1-2H3,(H,19,20). The SMILES string of the molecule is CC(C)C(C(=O)O)c1nccc(-c2ccccc2Br)n1. The lowest BCUT2D eigenvalue weighted by molar-refractivity contribution is -0.140. The van der Waals surface area contributed by atoms with Crippen LogP contribution in [0.3, 0.4) is 0 Å². The van der Waals surface area contributed by atoms with Crippen molar-refractivity contribution in [1.82, 2.24) is 9.97 Å². The predicted octanol–water partition coefficient (Wildman–Crippen LogP) is 3.73. The van der Waals surface area contributed by atoms with E-state index in [1.165, 1.54) is 0 Å². The summed E-state index contributed by atoms with van der Waals surface area (Å²) in [6, 6.07) is 9.47. The van der Waals surface area contributed by atoms with Gasteiger partial charge in [0.15, 0.2) is 0 Å². The number of nitrogens with zero attached hydrogens (tertiary/aromatic N) is 2. The highest BCUT2D eigenvalue weighted by Gasteiger charge is 2.26. The van der Waals surface area contributed by atoms with Gasteiger partial charge >= 0.3 is 5.97 Å². The Hall–Kier alpha value is -1.75.